The van der Waals surface area contributed by atoms with E-state index in [9.17, 15) is 4.79 Å². The van der Waals surface area contributed by atoms with Crippen LogP contribution in [0.25, 0.3) is 0 Å². The highest BCUT2D eigenvalue weighted by atomic mass is 35.5. The lowest BCUT2D eigenvalue weighted by Crippen LogP contribution is -2.53. The third-order valence-electron chi connectivity index (χ3n) is 4.74. The van der Waals surface area contributed by atoms with Gasteiger partial charge in [0.15, 0.2) is 0 Å². The van der Waals surface area contributed by atoms with E-state index in [4.69, 9.17) is 11.6 Å². The number of hydrogen-bond donors (Lipinski definition) is 1. The molecule has 0 aliphatic heterocycles. The zero-order valence-electron chi connectivity index (χ0n) is 13.2. The highest BCUT2D eigenvalue weighted by Crippen LogP contribution is 2.31. The van der Waals surface area contributed by atoms with Crippen LogP contribution in [-0.2, 0) is 0 Å². The van der Waals surface area contributed by atoms with E-state index in [0.29, 0.717) is 17.1 Å². The molecule has 2 rings (SSSR count). The Labute approximate surface area is 132 Å². The predicted octanol–water partition coefficient (Wildman–Crippen LogP) is 3.64. The summed E-state index contributed by atoms with van der Waals surface area (Å²) in [5.74, 6) is -0.0382. The maximum atomic E-state index is 12.3. The van der Waals surface area contributed by atoms with Crippen molar-refractivity contribution in [2.24, 2.45) is 0 Å². The summed E-state index contributed by atoms with van der Waals surface area (Å²) in [5.41, 5.74) is 1.73. The van der Waals surface area contributed by atoms with Gasteiger partial charge in [-0.15, -0.1) is 0 Å². The zero-order valence-corrected chi connectivity index (χ0v) is 14.0. The lowest BCUT2D eigenvalue weighted by Gasteiger charge is -2.43. The van der Waals surface area contributed by atoms with Gasteiger partial charge in [-0.05, 0) is 51.6 Å². The fourth-order valence-electron chi connectivity index (χ4n) is 3.07. The van der Waals surface area contributed by atoms with E-state index in [1.54, 1.807) is 6.07 Å². The molecule has 1 aliphatic rings. The monoisotopic (exact) mass is 308 g/mol. The largest absolute Gasteiger partial charge is 0.350 e. The second-order valence-electron chi connectivity index (χ2n) is 6.33. The molecular formula is C17H25ClN2O. The first-order chi connectivity index (χ1) is 9.94. The van der Waals surface area contributed by atoms with E-state index in [1.807, 2.05) is 19.1 Å². The van der Waals surface area contributed by atoms with Crippen molar-refractivity contribution in [2.45, 2.75) is 44.6 Å². The number of likely N-dealkylation sites (N-methyl/N-ethyl adjacent to an activating group) is 1. The van der Waals surface area contributed by atoms with Gasteiger partial charge in [-0.1, -0.05) is 36.9 Å². The normalized spacial score (nSPS) is 17.8. The van der Waals surface area contributed by atoms with Gasteiger partial charge in [0.25, 0.3) is 5.91 Å². The van der Waals surface area contributed by atoms with Gasteiger partial charge < -0.3 is 10.2 Å². The Hall–Kier alpha value is -1.06. The molecule has 116 valence electrons. The Morgan fingerprint density at radius 2 is 1.95 bits per heavy atom. The molecule has 0 saturated heterocycles. The minimum Gasteiger partial charge on any atom is -0.350 e. The average Bonchev–Trinajstić information content (AvgIpc) is 2.48. The van der Waals surface area contributed by atoms with Gasteiger partial charge >= 0.3 is 0 Å². The SMILES string of the molecule is Cc1ccc(C(=O)NCC2(N(C)C)CCCCC2)cc1Cl. The minimum absolute atomic E-state index is 0.0382. The first kappa shape index (κ1) is 16.3. The third kappa shape index (κ3) is 3.78. The van der Waals surface area contributed by atoms with E-state index in [0.717, 1.165) is 18.4 Å². The van der Waals surface area contributed by atoms with Gasteiger partial charge in [0.05, 0.1) is 0 Å². The van der Waals surface area contributed by atoms with Crippen LogP contribution in [0.2, 0.25) is 5.02 Å². The van der Waals surface area contributed by atoms with Crippen LogP contribution in [-0.4, -0.2) is 37.0 Å². The lowest BCUT2D eigenvalue weighted by molar-refractivity contribution is 0.0799. The molecule has 1 amide bonds. The third-order valence-corrected chi connectivity index (χ3v) is 5.15. The quantitative estimate of drug-likeness (QED) is 0.921. The fourth-order valence-corrected chi connectivity index (χ4v) is 3.25. The van der Waals surface area contributed by atoms with Gasteiger partial charge in [-0.2, -0.15) is 0 Å². The molecule has 0 aromatic heterocycles. The van der Waals surface area contributed by atoms with Gasteiger partial charge in [0.1, 0.15) is 0 Å². The molecule has 0 radical (unpaired) electrons. The Balaban J connectivity index is 2.03. The molecule has 0 bridgehead atoms. The number of rotatable bonds is 4. The molecule has 0 unspecified atom stereocenters. The maximum absolute atomic E-state index is 12.3. The summed E-state index contributed by atoms with van der Waals surface area (Å²) in [6.45, 7) is 2.64. The molecule has 0 spiro atoms. The Morgan fingerprint density at radius 1 is 1.29 bits per heavy atom. The smallest absolute Gasteiger partial charge is 0.251 e. The molecule has 21 heavy (non-hydrogen) atoms. The molecule has 1 saturated carbocycles. The van der Waals surface area contributed by atoms with Crippen molar-refractivity contribution in [1.29, 1.82) is 0 Å². The summed E-state index contributed by atoms with van der Waals surface area (Å²) in [6.07, 6.45) is 6.08. The topological polar surface area (TPSA) is 32.3 Å². The van der Waals surface area contributed by atoms with Crippen LogP contribution in [0.5, 0.6) is 0 Å². The molecule has 1 fully saturated rings. The molecule has 1 aliphatic carbocycles. The van der Waals surface area contributed by atoms with Crippen LogP contribution in [0.4, 0.5) is 0 Å². The number of aryl methyl sites for hydroxylation is 1. The molecular weight excluding hydrogens is 284 g/mol. The standard InChI is InChI=1S/C17H25ClN2O/c1-13-7-8-14(11-15(13)18)16(21)19-12-17(20(2)3)9-5-4-6-10-17/h7-8,11H,4-6,9-10,12H2,1-3H3,(H,19,21). The summed E-state index contributed by atoms with van der Waals surface area (Å²) in [6, 6.07) is 5.47. The summed E-state index contributed by atoms with van der Waals surface area (Å²) >= 11 is 6.10. The highest BCUT2D eigenvalue weighted by Gasteiger charge is 2.34. The number of nitrogens with zero attached hydrogens (tertiary/aromatic N) is 1. The van der Waals surface area contributed by atoms with Crippen molar-refractivity contribution in [3.8, 4) is 0 Å². The summed E-state index contributed by atoms with van der Waals surface area (Å²) in [7, 11) is 4.22. The van der Waals surface area contributed by atoms with Gasteiger partial charge in [-0.25, -0.2) is 0 Å². The summed E-state index contributed by atoms with van der Waals surface area (Å²) in [5, 5.41) is 3.74. The number of nitrogens with one attached hydrogen (secondary N) is 1. The molecule has 1 aromatic rings. The van der Waals surface area contributed by atoms with E-state index in [2.05, 4.69) is 24.3 Å². The molecule has 1 aromatic carbocycles. The van der Waals surface area contributed by atoms with Crippen molar-refractivity contribution in [1.82, 2.24) is 10.2 Å². The average molecular weight is 309 g/mol. The van der Waals surface area contributed by atoms with Crippen molar-refractivity contribution in [3.63, 3.8) is 0 Å². The van der Waals surface area contributed by atoms with Crippen LogP contribution in [0, 0.1) is 6.92 Å². The Morgan fingerprint density at radius 3 is 2.52 bits per heavy atom. The second-order valence-corrected chi connectivity index (χ2v) is 6.73. The van der Waals surface area contributed by atoms with Gasteiger partial charge in [0.2, 0.25) is 0 Å². The number of amides is 1. The van der Waals surface area contributed by atoms with Crippen molar-refractivity contribution in [2.75, 3.05) is 20.6 Å². The first-order valence-corrected chi connectivity index (χ1v) is 8.04. The number of hydrogen-bond acceptors (Lipinski definition) is 2. The molecule has 3 nitrogen and oxygen atoms in total. The molecule has 0 atom stereocenters. The number of benzene rings is 1. The minimum atomic E-state index is -0.0382. The maximum Gasteiger partial charge on any atom is 0.251 e. The van der Waals surface area contributed by atoms with Crippen LogP contribution in [0.15, 0.2) is 18.2 Å². The highest BCUT2D eigenvalue weighted by molar-refractivity contribution is 6.31. The van der Waals surface area contributed by atoms with Crippen LogP contribution >= 0.6 is 11.6 Å². The molecule has 0 heterocycles. The summed E-state index contributed by atoms with van der Waals surface area (Å²) < 4.78 is 0. The Kier molecular flexibility index (Phi) is 5.28. The fraction of sp³-hybridized carbons (Fsp3) is 0.588. The van der Waals surface area contributed by atoms with Gasteiger partial charge in [0, 0.05) is 22.7 Å². The van der Waals surface area contributed by atoms with E-state index in [1.165, 1.54) is 19.3 Å². The van der Waals surface area contributed by atoms with Crippen LogP contribution < -0.4 is 5.32 Å². The van der Waals surface area contributed by atoms with Gasteiger partial charge in [-0.3, -0.25) is 4.79 Å². The second kappa shape index (κ2) is 6.80. The molecule has 1 N–H and O–H groups in total. The summed E-state index contributed by atoms with van der Waals surface area (Å²) in [4.78, 5) is 14.6. The lowest BCUT2D eigenvalue weighted by atomic mass is 9.80. The van der Waals surface area contributed by atoms with Crippen molar-refractivity contribution >= 4 is 17.5 Å². The van der Waals surface area contributed by atoms with Crippen molar-refractivity contribution in [3.05, 3.63) is 34.3 Å². The number of carbonyl (C=O) groups excluding carboxylic acids is 1. The van der Waals surface area contributed by atoms with Crippen LogP contribution in [0.3, 0.4) is 0 Å². The molecule has 4 heteroatoms. The van der Waals surface area contributed by atoms with E-state index >= 15 is 0 Å². The predicted molar refractivity (Wildman–Crippen MR) is 88.0 cm³/mol. The van der Waals surface area contributed by atoms with Crippen molar-refractivity contribution < 1.29 is 4.79 Å². The van der Waals surface area contributed by atoms with Crippen LogP contribution in [0.1, 0.15) is 48.0 Å². The first-order valence-electron chi connectivity index (χ1n) is 7.66. The van der Waals surface area contributed by atoms with E-state index < -0.39 is 0 Å². The number of carbonyl (C=O) groups is 1. The number of halogens is 1. The Bertz CT molecular complexity index is 508. The van der Waals surface area contributed by atoms with E-state index in [-0.39, 0.29) is 11.4 Å². The zero-order chi connectivity index (χ0) is 15.5.